The van der Waals surface area contributed by atoms with E-state index in [2.05, 4.69) is 4.98 Å². The highest BCUT2D eigenvalue weighted by molar-refractivity contribution is 5.72. The van der Waals surface area contributed by atoms with Crippen LogP contribution < -0.4 is 9.47 Å². The van der Waals surface area contributed by atoms with Crippen LogP contribution in [0.25, 0.3) is 28.2 Å². The summed E-state index contributed by atoms with van der Waals surface area (Å²) in [5.41, 5.74) is 0.0364. The fourth-order valence-corrected chi connectivity index (χ4v) is 3.83. The van der Waals surface area contributed by atoms with Gasteiger partial charge in [-0.2, -0.15) is 13.2 Å². The maximum atomic E-state index is 13.9. The first-order valence-electron chi connectivity index (χ1n) is 10.8. The number of alkyl halides is 3. The van der Waals surface area contributed by atoms with E-state index < -0.39 is 17.3 Å². The van der Waals surface area contributed by atoms with E-state index in [0.29, 0.717) is 17.2 Å². The number of aromatic nitrogens is 2. The van der Waals surface area contributed by atoms with Crippen LogP contribution in [0, 0.1) is 0 Å². The molecule has 0 aliphatic carbocycles. The van der Waals surface area contributed by atoms with E-state index in [1.165, 1.54) is 49.9 Å². The Morgan fingerprint density at radius 1 is 0.857 bits per heavy atom. The Hall–Kier alpha value is -3.78. The van der Waals surface area contributed by atoms with E-state index >= 15 is 0 Å². The van der Waals surface area contributed by atoms with Crippen LogP contribution in [-0.4, -0.2) is 28.9 Å². The number of aliphatic hydroxyl groups is 1. The molecule has 0 radical (unpaired) electrons. The Morgan fingerprint density at radius 3 is 2.23 bits per heavy atom. The molecule has 0 saturated carbocycles. The second-order valence-electron chi connectivity index (χ2n) is 8.54. The summed E-state index contributed by atoms with van der Waals surface area (Å²) in [7, 11) is 3.06. The lowest BCUT2D eigenvalue weighted by molar-refractivity contribution is -0.137. The van der Waals surface area contributed by atoms with Crippen LogP contribution in [-0.2, 0) is 11.8 Å². The number of benzene rings is 3. The Bertz CT molecular complexity index is 1350. The zero-order valence-corrected chi connectivity index (χ0v) is 19.7. The van der Waals surface area contributed by atoms with Gasteiger partial charge in [0.05, 0.1) is 31.2 Å². The first-order valence-corrected chi connectivity index (χ1v) is 10.8. The Morgan fingerprint density at radius 2 is 1.57 bits per heavy atom. The summed E-state index contributed by atoms with van der Waals surface area (Å²) in [5, 5.41) is 10.6. The van der Waals surface area contributed by atoms with Gasteiger partial charge < -0.3 is 14.6 Å². The molecule has 1 heterocycles. The van der Waals surface area contributed by atoms with Crippen molar-refractivity contribution in [2.75, 3.05) is 14.2 Å². The molecular weight excluding hydrogens is 457 g/mol. The first-order chi connectivity index (χ1) is 16.5. The van der Waals surface area contributed by atoms with Crippen molar-refractivity contribution in [3.63, 3.8) is 0 Å². The van der Waals surface area contributed by atoms with Gasteiger partial charge in [0.15, 0.2) is 0 Å². The van der Waals surface area contributed by atoms with Crippen molar-refractivity contribution in [1.29, 1.82) is 0 Å². The van der Waals surface area contributed by atoms with Crippen molar-refractivity contribution in [1.82, 2.24) is 9.55 Å². The molecule has 5 nitrogen and oxygen atoms in total. The maximum Gasteiger partial charge on any atom is 0.417 e. The van der Waals surface area contributed by atoms with Crippen molar-refractivity contribution >= 4 is 0 Å². The van der Waals surface area contributed by atoms with Crippen molar-refractivity contribution in [2.45, 2.75) is 25.6 Å². The monoisotopic (exact) mass is 482 g/mol. The van der Waals surface area contributed by atoms with E-state index in [4.69, 9.17) is 9.47 Å². The van der Waals surface area contributed by atoms with Crippen LogP contribution in [0.2, 0.25) is 0 Å². The number of methoxy groups -OCH3 is 2. The molecule has 1 N–H and O–H groups in total. The number of imidazole rings is 1. The Kier molecular flexibility index (Phi) is 6.34. The minimum absolute atomic E-state index is 0.0381. The molecule has 182 valence electrons. The van der Waals surface area contributed by atoms with E-state index in [1.54, 1.807) is 13.2 Å². The van der Waals surface area contributed by atoms with Gasteiger partial charge in [-0.05, 0) is 55.3 Å². The quantitative estimate of drug-likeness (QED) is 0.342. The summed E-state index contributed by atoms with van der Waals surface area (Å²) in [6.45, 7) is 3.06. The minimum Gasteiger partial charge on any atom is -0.497 e. The third-order valence-corrected chi connectivity index (χ3v) is 5.65. The lowest BCUT2D eigenvalue weighted by Crippen LogP contribution is -2.15. The molecule has 35 heavy (non-hydrogen) atoms. The average molecular weight is 483 g/mol. The van der Waals surface area contributed by atoms with Crippen LogP contribution in [0.4, 0.5) is 13.2 Å². The molecule has 0 saturated heterocycles. The van der Waals surface area contributed by atoms with Crippen LogP contribution in [0.1, 0.15) is 25.1 Å². The van der Waals surface area contributed by atoms with Gasteiger partial charge in [0, 0.05) is 11.8 Å². The Labute approximate surface area is 201 Å². The topological polar surface area (TPSA) is 56.5 Å². The smallest absolute Gasteiger partial charge is 0.417 e. The second-order valence-corrected chi connectivity index (χ2v) is 8.54. The summed E-state index contributed by atoms with van der Waals surface area (Å²) in [6, 6.07) is 18.1. The molecule has 4 aromatic rings. The molecule has 0 atom stereocenters. The fraction of sp³-hybridized carbons (Fsp3) is 0.222. The number of hydrogen-bond donors (Lipinski definition) is 1. The molecule has 8 heteroatoms. The van der Waals surface area contributed by atoms with Crippen LogP contribution >= 0.6 is 0 Å². The van der Waals surface area contributed by atoms with Gasteiger partial charge in [0.2, 0.25) is 0 Å². The lowest BCUT2D eigenvalue weighted by atomic mass is 10.0. The van der Waals surface area contributed by atoms with Gasteiger partial charge >= 0.3 is 6.18 Å². The number of hydrogen-bond acceptors (Lipinski definition) is 4. The highest BCUT2D eigenvalue weighted by Crippen LogP contribution is 2.40. The highest BCUT2D eigenvalue weighted by atomic mass is 19.4. The van der Waals surface area contributed by atoms with Crippen molar-refractivity contribution in [2.24, 2.45) is 0 Å². The average Bonchev–Trinajstić information content (AvgIpc) is 3.29. The van der Waals surface area contributed by atoms with Crippen molar-refractivity contribution in [3.05, 3.63) is 84.2 Å². The third-order valence-electron chi connectivity index (χ3n) is 5.65. The highest BCUT2D eigenvalue weighted by Gasteiger charge is 2.35. The van der Waals surface area contributed by atoms with Crippen LogP contribution in [0.15, 0.2) is 72.9 Å². The fourth-order valence-electron chi connectivity index (χ4n) is 3.83. The summed E-state index contributed by atoms with van der Waals surface area (Å²) in [5.74, 6) is 1.14. The summed E-state index contributed by atoms with van der Waals surface area (Å²) >= 11 is 0. The molecule has 0 spiro atoms. The minimum atomic E-state index is -4.59. The van der Waals surface area contributed by atoms with E-state index in [-0.39, 0.29) is 17.1 Å². The largest absolute Gasteiger partial charge is 0.497 e. The van der Waals surface area contributed by atoms with Gasteiger partial charge in [0.1, 0.15) is 22.9 Å². The van der Waals surface area contributed by atoms with Crippen molar-refractivity contribution in [3.8, 4) is 39.7 Å². The zero-order valence-electron chi connectivity index (χ0n) is 19.7. The molecule has 4 rings (SSSR count). The van der Waals surface area contributed by atoms with Gasteiger partial charge in [-0.25, -0.2) is 4.98 Å². The lowest BCUT2D eigenvalue weighted by Gasteiger charge is -2.17. The number of nitrogens with zero attached hydrogens (tertiary/aromatic N) is 2. The SMILES string of the molecule is COc1cccc(-c2ccc(OC)c(-n3cc(C(C)(C)O)nc3-c3ccccc3C(F)(F)F)c2)c1. The molecule has 0 fully saturated rings. The van der Waals surface area contributed by atoms with Gasteiger partial charge in [-0.15, -0.1) is 0 Å². The molecule has 0 aliphatic heterocycles. The molecular formula is C27H25F3N2O3. The van der Waals surface area contributed by atoms with Crippen LogP contribution in [0.5, 0.6) is 11.5 Å². The molecule has 0 amide bonds. The molecule has 1 aromatic heterocycles. The molecule has 0 unspecified atom stereocenters. The second kappa shape index (κ2) is 9.11. The number of halogens is 3. The standard InChI is InChI=1S/C27H25F3N2O3/c1-26(2,33)24-16-32(25(31-24)20-10-5-6-11-21(20)27(28,29)30)22-15-18(12-13-23(22)35-4)17-8-7-9-19(14-17)34-3/h5-16,33H,1-4H3. The van der Waals surface area contributed by atoms with E-state index in [0.717, 1.165) is 17.2 Å². The first kappa shape index (κ1) is 24.3. The zero-order chi connectivity index (χ0) is 25.4. The summed E-state index contributed by atoms with van der Waals surface area (Å²) in [4.78, 5) is 4.44. The molecule has 0 aliphatic rings. The summed E-state index contributed by atoms with van der Waals surface area (Å²) < 4.78 is 54.1. The number of ether oxygens (including phenoxy) is 2. The van der Waals surface area contributed by atoms with E-state index in [9.17, 15) is 18.3 Å². The van der Waals surface area contributed by atoms with E-state index in [1.807, 2.05) is 36.4 Å². The Balaban J connectivity index is 1.99. The third kappa shape index (κ3) is 4.88. The maximum absolute atomic E-state index is 13.9. The normalized spacial score (nSPS) is 12.0. The molecule has 0 bridgehead atoms. The predicted molar refractivity (Wildman–Crippen MR) is 128 cm³/mol. The van der Waals surface area contributed by atoms with Gasteiger partial charge in [-0.3, -0.25) is 4.57 Å². The molecule has 3 aromatic carbocycles. The summed E-state index contributed by atoms with van der Waals surface area (Å²) in [6.07, 6.45) is -3.05. The predicted octanol–water partition coefficient (Wildman–Crippen LogP) is 6.47. The van der Waals surface area contributed by atoms with Gasteiger partial charge in [0.25, 0.3) is 0 Å². The van der Waals surface area contributed by atoms with Crippen LogP contribution in [0.3, 0.4) is 0 Å². The number of rotatable bonds is 6. The van der Waals surface area contributed by atoms with Gasteiger partial charge in [-0.1, -0.05) is 36.4 Å². The van der Waals surface area contributed by atoms with Crippen molar-refractivity contribution < 1.29 is 27.8 Å².